The molecule has 0 bridgehead atoms. The largest absolute Gasteiger partial charge is 0.451 e. The minimum Gasteiger partial charge on any atom is -0.451 e. The fourth-order valence-corrected chi connectivity index (χ4v) is 3.00. The van der Waals surface area contributed by atoms with Gasteiger partial charge in [-0.25, -0.2) is 0 Å². The standard InChI is InChI=1S/C25H20N2O3/c26-19-12-4-6-14-21(19)29-23-16-8-11-18(24(28)17-9-2-1-3-10-17)25(23)30-22-15-7-5-13-20(22)27/h1-16H,26-27H2. The number of nitrogens with two attached hydrogens (primary N) is 2. The first-order valence-electron chi connectivity index (χ1n) is 9.41. The van der Waals surface area contributed by atoms with Gasteiger partial charge in [-0.3, -0.25) is 4.79 Å². The molecule has 4 aromatic rings. The van der Waals surface area contributed by atoms with Crippen molar-refractivity contribution >= 4 is 17.2 Å². The molecule has 0 atom stereocenters. The van der Waals surface area contributed by atoms with Crippen LogP contribution in [0.15, 0.2) is 97.1 Å². The maximum Gasteiger partial charge on any atom is 0.196 e. The van der Waals surface area contributed by atoms with E-state index in [0.29, 0.717) is 39.8 Å². The van der Waals surface area contributed by atoms with Gasteiger partial charge in [0.2, 0.25) is 0 Å². The number of para-hydroxylation sites is 5. The smallest absolute Gasteiger partial charge is 0.196 e. The van der Waals surface area contributed by atoms with Crippen LogP contribution in [0.4, 0.5) is 11.4 Å². The molecular weight excluding hydrogens is 376 g/mol. The first-order valence-corrected chi connectivity index (χ1v) is 9.41. The molecule has 0 aromatic heterocycles. The first kappa shape index (κ1) is 19.1. The third kappa shape index (κ3) is 3.95. The summed E-state index contributed by atoms with van der Waals surface area (Å²) in [6, 6.07) is 28.4. The molecule has 4 aromatic carbocycles. The number of nitrogen functional groups attached to an aromatic ring is 2. The van der Waals surface area contributed by atoms with Crippen LogP contribution in [0.25, 0.3) is 0 Å². The van der Waals surface area contributed by atoms with Crippen molar-refractivity contribution in [1.82, 2.24) is 0 Å². The Bertz CT molecular complexity index is 1190. The highest BCUT2D eigenvalue weighted by atomic mass is 16.5. The molecule has 5 nitrogen and oxygen atoms in total. The van der Waals surface area contributed by atoms with Crippen molar-refractivity contribution in [2.75, 3.05) is 11.5 Å². The average Bonchev–Trinajstić information content (AvgIpc) is 2.78. The summed E-state index contributed by atoms with van der Waals surface area (Å²) in [5, 5.41) is 0. The molecule has 0 fully saturated rings. The van der Waals surface area contributed by atoms with E-state index in [2.05, 4.69) is 0 Å². The summed E-state index contributed by atoms with van der Waals surface area (Å²) >= 11 is 0. The van der Waals surface area contributed by atoms with Gasteiger partial charge in [-0.15, -0.1) is 0 Å². The number of carbonyl (C=O) groups excluding carboxylic acids is 1. The Hall–Kier alpha value is -4.25. The lowest BCUT2D eigenvalue weighted by atomic mass is 10.0. The summed E-state index contributed by atoms with van der Waals surface area (Å²) < 4.78 is 12.2. The van der Waals surface area contributed by atoms with Crippen LogP contribution in [0.2, 0.25) is 0 Å². The number of ketones is 1. The van der Waals surface area contributed by atoms with E-state index in [9.17, 15) is 4.79 Å². The molecule has 0 unspecified atom stereocenters. The number of hydrogen-bond acceptors (Lipinski definition) is 5. The van der Waals surface area contributed by atoms with Crippen molar-refractivity contribution in [2.24, 2.45) is 0 Å². The zero-order valence-corrected chi connectivity index (χ0v) is 16.1. The van der Waals surface area contributed by atoms with Crippen LogP contribution < -0.4 is 20.9 Å². The monoisotopic (exact) mass is 396 g/mol. The molecule has 0 saturated heterocycles. The van der Waals surface area contributed by atoms with E-state index in [1.165, 1.54) is 0 Å². The van der Waals surface area contributed by atoms with Gasteiger partial charge in [-0.2, -0.15) is 0 Å². The molecule has 4 rings (SSSR count). The molecule has 30 heavy (non-hydrogen) atoms. The van der Waals surface area contributed by atoms with Crippen LogP contribution in [-0.4, -0.2) is 5.78 Å². The van der Waals surface area contributed by atoms with Crippen molar-refractivity contribution < 1.29 is 14.3 Å². The van der Waals surface area contributed by atoms with Crippen LogP contribution in [-0.2, 0) is 0 Å². The van der Waals surface area contributed by atoms with E-state index in [4.69, 9.17) is 20.9 Å². The lowest BCUT2D eigenvalue weighted by molar-refractivity contribution is 0.103. The summed E-state index contributed by atoms with van der Waals surface area (Å²) in [4.78, 5) is 13.2. The number of anilines is 2. The Labute approximate surface area is 174 Å². The Kier molecular flexibility index (Phi) is 5.35. The van der Waals surface area contributed by atoms with Crippen molar-refractivity contribution in [3.8, 4) is 23.0 Å². The van der Waals surface area contributed by atoms with Gasteiger partial charge in [0.05, 0.1) is 16.9 Å². The molecule has 0 radical (unpaired) electrons. The number of rotatable bonds is 6. The van der Waals surface area contributed by atoms with Crippen molar-refractivity contribution in [3.63, 3.8) is 0 Å². The van der Waals surface area contributed by atoms with E-state index in [1.54, 1.807) is 54.6 Å². The Morgan fingerprint density at radius 2 is 1.10 bits per heavy atom. The van der Waals surface area contributed by atoms with Crippen molar-refractivity contribution in [1.29, 1.82) is 0 Å². The van der Waals surface area contributed by atoms with Crippen LogP contribution in [0, 0.1) is 0 Å². The van der Waals surface area contributed by atoms with Gasteiger partial charge >= 0.3 is 0 Å². The van der Waals surface area contributed by atoms with Crippen LogP contribution >= 0.6 is 0 Å². The van der Waals surface area contributed by atoms with Gasteiger partial charge in [-0.1, -0.05) is 60.7 Å². The third-order valence-corrected chi connectivity index (χ3v) is 4.53. The lowest BCUT2D eigenvalue weighted by Gasteiger charge is -2.17. The Morgan fingerprint density at radius 1 is 0.567 bits per heavy atom. The van der Waals surface area contributed by atoms with Gasteiger partial charge in [0.1, 0.15) is 0 Å². The SMILES string of the molecule is Nc1ccccc1Oc1cccc(C(=O)c2ccccc2)c1Oc1ccccc1N. The quantitative estimate of drug-likeness (QED) is 0.324. The van der Waals surface area contributed by atoms with Gasteiger partial charge in [0.25, 0.3) is 0 Å². The lowest BCUT2D eigenvalue weighted by Crippen LogP contribution is -2.05. The predicted octanol–water partition coefficient (Wildman–Crippen LogP) is 5.67. The average molecular weight is 396 g/mol. The summed E-state index contributed by atoms with van der Waals surface area (Å²) in [6.45, 7) is 0. The predicted molar refractivity (Wildman–Crippen MR) is 118 cm³/mol. The second kappa shape index (κ2) is 8.41. The summed E-state index contributed by atoms with van der Waals surface area (Å²) in [5.41, 5.74) is 13.9. The van der Waals surface area contributed by atoms with Crippen LogP contribution in [0.1, 0.15) is 15.9 Å². The highest BCUT2D eigenvalue weighted by molar-refractivity contribution is 6.11. The van der Waals surface area contributed by atoms with E-state index < -0.39 is 0 Å². The molecule has 0 aliphatic carbocycles. The second-order valence-corrected chi connectivity index (χ2v) is 6.61. The van der Waals surface area contributed by atoms with Crippen molar-refractivity contribution in [2.45, 2.75) is 0 Å². The zero-order valence-electron chi connectivity index (χ0n) is 16.1. The number of ether oxygens (including phenoxy) is 2. The number of carbonyl (C=O) groups is 1. The molecule has 0 aliphatic rings. The number of hydrogen-bond donors (Lipinski definition) is 2. The van der Waals surface area contributed by atoms with E-state index >= 15 is 0 Å². The van der Waals surface area contributed by atoms with Crippen LogP contribution in [0.5, 0.6) is 23.0 Å². The maximum absolute atomic E-state index is 13.2. The van der Waals surface area contributed by atoms with Crippen LogP contribution in [0.3, 0.4) is 0 Å². The highest BCUT2D eigenvalue weighted by Gasteiger charge is 2.21. The summed E-state index contributed by atoms with van der Waals surface area (Å²) in [6.07, 6.45) is 0. The third-order valence-electron chi connectivity index (χ3n) is 4.53. The molecular formula is C25H20N2O3. The first-order chi connectivity index (χ1) is 14.6. The van der Waals surface area contributed by atoms with Gasteiger partial charge in [0, 0.05) is 5.56 Å². The minimum atomic E-state index is -0.188. The molecule has 0 spiro atoms. The molecule has 0 heterocycles. The maximum atomic E-state index is 13.2. The highest BCUT2D eigenvalue weighted by Crippen LogP contribution is 2.41. The number of benzene rings is 4. The topological polar surface area (TPSA) is 87.6 Å². The molecule has 0 saturated carbocycles. The molecule has 0 aliphatic heterocycles. The molecule has 5 heteroatoms. The Balaban J connectivity index is 1.82. The molecule has 4 N–H and O–H groups in total. The van der Waals surface area contributed by atoms with Gasteiger partial charge in [-0.05, 0) is 36.4 Å². The zero-order chi connectivity index (χ0) is 20.9. The van der Waals surface area contributed by atoms with Gasteiger partial charge in [0.15, 0.2) is 28.8 Å². The minimum absolute atomic E-state index is 0.188. The van der Waals surface area contributed by atoms with E-state index in [-0.39, 0.29) is 11.5 Å². The van der Waals surface area contributed by atoms with E-state index in [0.717, 1.165) is 0 Å². The molecule has 0 amide bonds. The summed E-state index contributed by atoms with van der Waals surface area (Å²) in [7, 11) is 0. The molecule has 148 valence electrons. The second-order valence-electron chi connectivity index (χ2n) is 6.61. The Morgan fingerprint density at radius 3 is 1.73 bits per heavy atom. The van der Waals surface area contributed by atoms with E-state index in [1.807, 2.05) is 42.5 Å². The summed E-state index contributed by atoms with van der Waals surface area (Å²) in [5.74, 6) is 1.33. The van der Waals surface area contributed by atoms with Crippen molar-refractivity contribution in [3.05, 3.63) is 108 Å². The fourth-order valence-electron chi connectivity index (χ4n) is 3.00. The normalized spacial score (nSPS) is 10.4. The van der Waals surface area contributed by atoms with Gasteiger partial charge < -0.3 is 20.9 Å². The fraction of sp³-hybridized carbons (Fsp3) is 0.